The zero-order valence-electron chi connectivity index (χ0n) is 12.4. The van der Waals surface area contributed by atoms with E-state index in [2.05, 4.69) is 18.3 Å². The number of aryl methyl sites for hydroxylation is 2. The summed E-state index contributed by atoms with van der Waals surface area (Å²) < 4.78 is 14.4. The van der Waals surface area contributed by atoms with Gasteiger partial charge in [0.15, 0.2) is 0 Å². The Balaban J connectivity index is 2.31. The van der Waals surface area contributed by atoms with Crippen LogP contribution in [0.2, 0.25) is 0 Å². The minimum absolute atomic E-state index is 0.0296. The average molecular weight is 263 g/mol. The molecule has 0 heterocycles. The normalized spacial score (nSPS) is 17.9. The highest BCUT2D eigenvalue weighted by Crippen LogP contribution is 2.38. The van der Waals surface area contributed by atoms with Crippen molar-refractivity contribution in [2.24, 2.45) is 5.92 Å². The molecule has 0 aromatic heterocycles. The lowest BCUT2D eigenvalue weighted by atomic mass is 9.88. The highest BCUT2D eigenvalue weighted by molar-refractivity contribution is 5.35. The van der Waals surface area contributed by atoms with Crippen LogP contribution in [0, 0.1) is 25.6 Å². The van der Waals surface area contributed by atoms with Gasteiger partial charge in [-0.15, -0.1) is 0 Å². The Bertz CT molecular complexity index is 398. The van der Waals surface area contributed by atoms with Crippen LogP contribution in [0.5, 0.6) is 0 Å². The van der Waals surface area contributed by atoms with Gasteiger partial charge in [0.05, 0.1) is 0 Å². The smallest absolute Gasteiger partial charge is 0.128 e. The topological polar surface area (TPSA) is 12.0 Å². The first-order valence-corrected chi connectivity index (χ1v) is 7.63. The molecule has 1 atom stereocenters. The molecule has 2 rings (SSSR count). The molecule has 1 nitrogen and oxygen atoms in total. The molecule has 1 aromatic rings. The Hall–Kier alpha value is -0.890. The van der Waals surface area contributed by atoms with Crippen molar-refractivity contribution >= 4 is 0 Å². The van der Waals surface area contributed by atoms with Crippen LogP contribution in [-0.2, 0) is 0 Å². The standard InChI is InChI=1S/C17H26FN/c1-4-9-19-17(14-7-5-6-8-14)16-13(3)10-12(2)11-15(16)18/h10-11,14,17,19H,4-9H2,1-3H3. The molecule has 1 aliphatic carbocycles. The van der Waals surface area contributed by atoms with E-state index in [1.165, 1.54) is 25.7 Å². The van der Waals surface area contributed by atoms with Crippen molar-refractivity contribution in [2.45, 2.75) is 58.9 Å². The van der Waals surface area contributed by atoms with Gasteiger partial charge >= 0.3 is 0 Å². The van der Waals surface area contributed by atoms with Crippen LogP contribution in [0.1, 0.15) is 61.8 Å². The quantitative estimate of drug-likeness (QED) is 0.813. The predicted molar refractivity (Wildman–Crippen MR) is 78.9 cm³/mol. The van der Waals surface area contributed by atoms with Gasteiger partial charge in [-0.25, -0.2) is 4.39 Å². The molecule has 1 fully saturated rings. The maximum Gasteiger partial charge on any atom is 0.128 e. The molecule has 2 heteroatoms. The van der Waals surface area contributed by atoms with Gasteiger partial charge in [-0.3, -0.25) is 0 Å². The van der Waals surface area contributed by atoms with Crippen molar-refractivity contribution in [3.8, 4) is 0 Å². The molecule has 1 aromatic carbocycles. The SMILES string of the molecule is CCCNC(c1c(C)cc(C)cc1F)C1CCCC1. The molecule has 0 amide bonds. The summed E-state index contributed by atoms with van der Waals surface area (Å²) in [6.45, 7) is 7.13. The first kappa shape index (κ1) is 14.5. The van der Waals surface area contributed by atoms with Gasteiger partial charge in [-0.2, -0.15) is 0 Å². The van der Waals surface area contributed by atoms with Crippen LogP contribution in [-0.4, -0.2) is 6.54 Å². The lowest BCUT2D eigenvalue weighted by molar-refractivity contribution is 0.356. The van der Waals surface area contributed by atoms with Crippen molar-refractivity contribution in [2.75, 3.05) is 6.54 Å². The number of rotatable bonds is 5. The minimum Gasteiger partial charge on any atom is -0.310 e. The first-order chi connectivity index (χ1) is 9.13. The number of nitrogens with one attached hydrogen (secondary N) is 1. The second kappa shape index (κ2) is 6.51. The summed E-state index contributed by atoms with van der Waals surface area (Å²) in [6, 6.07) is 3.98. The highest BCUT2D eigenvalue weighted by Gasteiger charge is 2.28. The third kappa shape index (κ3) is 3.36. The first-order valence-electron chi connectivity index (χ1n) is 7.63. The van der Waals surface area contributed by atoms with E-state index in [0.717, 1.165) is 29.7 Å². The summed E-state index contributed by atoms with van der Waals surface area (Å²) in [6.07, 6.45) is 6.14. The van der Waals surface area contributed by atoms with Crippen LogP contribution in [0.15, 0.2) is 12.1 Å². The Labute approximate surface area is 116 Å². The van der Waals surface area contributed by atoms with Gasteiger partial charge in [0, 0.05) is 11.6 Å². The van der Waals surface area contributed by atoms with Crippen LogP contribution < -0.4 is 5.32 Å². The second-order valence-corrected chi connectivity index (χ2v) is 5.95. The Morgan fingerprint density at radius 3 is 2.53 bits per heavy atom. The maximum absolute atomic E-state index is 14.4. The summed E-state index contributed by atoms with van der Waals surface area (Å²) in [5, 5.41) is 3.59. The van der Waals surface area contributed by atoms with Gasteiger partial charge in [0.2, 0.25) is 0 Å². The van der Waals surface area contributed by atoms with Gasteiger partial charge in [-0.1, -0.05) is 25.8 Å². The highest BCUT2D eigenvalue weighted by atomic mass is 19.1. The van der Waals surface area contributed by atoms with Gasteiger partial charge in [-0.05, 0) is 62.8 Å². The monoisotopic (exact) mass is 263 g/mol. The average Bonchev–Trinajstić information content (AvgIpc) is 2.85. The molecule has 0 spiro atoms. The van der Waals surface area contributed by atoms with E-state index in [1.54, 1.807) is 6.07 Å². The molecule has 0 aliphatic heterocycles. The molecule has 0 radical (unpaired) electrons. The van der Waals surface area contributed by atoms with E-state index >= 15 is 0 Å². The fourth-order valence-electron chi connectivity index (χ4n) is 3.42. The number of halogens is 1. The Morgan fingerprint density at radius 2 is 1.95 bits per heavy atom. The molecule has 1 aliphatic rings. The van der Waals surface area contributed by atoms with Crippen molar-refractivity contribution in [3.63, 3.8) is 0 Å². The third-order valence-corrected chi connectivity index (χ3v) is 4.28. The molecular formula is C17H26FN. The van der Waals surface area contributed by atoms with E-state index in [9.17, 15) is 4.39 Å². The van der Waals surface area contributed by atoms with Crippen LogP contribution in [0.4, 0.5) is 4.39 Å². The van der Waals surface area contributed by atoms with Crippen LogP contribution >= 0.6 is 0 Å². The van der Waals surface area contributed by atoms with Gasteiger partial charge < -0.3 is 5.32 Å². The molecule has 1 N–H and O–H groups in total. The summed E-state index contributed by atoms with van der Waals surface area (Å²) in [4.78, 5) is 0. The zero-order chi connectivity index (χ0) is 13.8. The molecular weight excluding hydrogens is 237 g/mol. The van der Waals surface area contributed by atoms with E-state index in [1.807, 2.05) is 13.8 Å². The summed E-state index contributed by atoms with van der Waals surface area (Å²) in [5.41, 5.74) is 3.02. The van der Waals surface area contributed by atoms with Gasteiger partial charge in [0.1, 0.15) is 5.82 Å². The van der Waals surface area contributed by atoms with Crippen LogP contribution in [0.3, 0.4) is 0 Å². The van der Waals surface area contributed by atoms with Crippen molar-refractivity contribution in [1.29, 1.82) is 0 Å². The Kier molecular flexibility index (Phi) is 4.98. The number of hydrogen-bond donors (Lipinski definition) is 1. The lowest BCUT2D eigenvalue weighted by Crippen LogP contribution is -2.29. The number of hydrogen-bond acceptors (Lipinski definition) is 1. The third-order valence-electron chi connectivity index (χ3n) is 4.28. The lowest BCUT2D eigenvalue weighted by Gasteiger charge is -2.27. The Morgan fingerprint density at radius 1 is 1.26 bits per heavy atom. The largest absolute Gasteiger partial charge is 0.310 e. The van der Waals surface area contributed by atoms with Crippen molar-refractivity contribution < 1.29 is 4.39 Å². The second-order valence-electron chi connectivity index (χ2n) is 5.95. The minimum atomic E-state index is -0.0296. The molecule has 106 valence electrons. The molecule has 1 unspecified atom stereocenters. The molecule has 0 saturated heterocycles. The maximum atomic E-state index is 14.4. The summed E-state index contributed by atoms with van der Waals surface area (Å²) >= 11 is 0. The fourth-order valence-corrected chi connectivity index (χ4v) is 3.42. The molecule has 19 heavy (non-hydrogen) atoms. The van der Waals surface area contributed by atoms with Crippen molar-refractivity contribution in [1.82, 2.24) is 5.32 Å². The van der Waals surface area contributed by atoms with Crippen LogP contribution in [0.25, 0.3) is 0 Å². The predicted octanol–water partition coefficient (Wildman–Crippen LogP) is 4.67. The zero-order valence-corrected chi connectivity index (χ0v) is 12.4. The summed E-state index contributed by atoms with van der Waals surface area (Å²) in [7, 11) is 0. The number of benzene rings is 1. The van der Waals surface area contributed by atoms with E-state index < -0.39 is 0 Å². The van der Waals surface area contributed by atoms with Gasteiger partial charge in [0.25, 0.3) is 0 Å². The van der Waals surface area contributed by atoms with E-state index in [0.29, 0.717) is 5.92 Å². The van der Waals surface area contributed by atoms with E-state index in [-0.39, 0.29) is 11.9 Å². The summed E-state index contributed by atoms with van der Waals surface area (Å²) in [5.74, 6) is 0.570. The molecule has 0 bridgehead atoms. The van der Waals surface area contributed by atoms with E-state index in [4.69, 9.17) is 0 Å². The molecule has 1 saturated carbocycles. The fraction of sp³-hybridized carbons (Fsp3) is 0.647. The van der Waals surface area contributed by atoms with Crippen molar-refractivity contribution in [3.05, 3.63) is 34.6 Å².